The van der Waals surface area contributed by atoms with Gasteiger partial charge in [0.2, 0.25) is 0 Å². The van der Waals surface area contributed by atoms with Gasteiger partial charge in [-0.1, -0.05) is 30.3 Å². The summed E-state index contributed by atoms with van der Waals surface area (Å²) in [5, 5.41) is 8.83. The summed E-state index contributed by atoms with van der Waals surface area (Å²) in [5.41, 5.74) is 4.35. The van der Waals surface area contributed by atoms with E-state index in [1.54, 1.807) is 0 Å². The largest absolute Gasteiger partial charge is 0.493 e. The van der Waals surface area contributed by atoms with E-state index in [2.05, 4.69) is 50.4 Å². The molecule has 0 aliphatic carbocycles. The molecule has 2 aromatic carbocycles. The number of rotatable bonds is 7. The molecule has 0 spiro atoms. The van der Waals surface area contributed by atoms with Gasteiger partial charge < -0.3 is 9.47 Å². The Morgan fingerprint density at radius 2 is 2.00 bits per heavy atom. The molecule has 2 aromatic heterocycles. The fourth-order valence-corrected chi connectivity index (χ4v) is 3.97. The van der Waals surface area contributed by atoms with Gasteiger partial charge in [-0.05, 0) is 42.0 Å². The van der Waals surface area contributed by atoms with Crippen LogP contribution >= 0.6 is 0 Å². The molecule has 0 unspecified atom stereocenters. The smallest absolute Gasteiger partial charge is 0.119 e. The highest BCUT2D eigenvalue weighted by Gasteiger charge is 2.24. The van der Waals surface area contributed by atoms with Crippen molar-refractivity contribution in [2.75, 3.05) is 26.3 Å². The van der Waals surface area contributed by atoms with Crippen LogP contribution in [0.3, 0.4) is 0 Å². The van der Waals surface area contributed by atoms with Gasteiger partial charge in [0, 0.05) is 43.3 Å². The monoisotopic (exact) mass is 414 g/mol. The Morgan fingerprint density at radius 1 is 1.06 bits per heavy atom. The van der Waals surface area contributed by atoms with Crippen LogP contribution < -0.4 is 4.74 Å². The van der Waals surface area contributed by atoms with Crippen LogP contribution in [0.5, 0.6) is 5.75 Å². The van der Waals surface area contributed by atoms with E-state index in [9.17, 15) is 0 Å². The number of ether oxygens (including phenoxy) is 2. The van der Waals surface area contributed by atoms with E-state index < -0.39 is 0 Å². The first kappa shape index (κ1) is 19.7. The van der Waals surface area contributed by atoms with Crippen molar-refractivity contribution in [3.8, 4) is 5.75 Å². The fraction of sp³-hybridized carbons (Fsp3) is 0.280. The summed E-state index contributed by atoms with van der Waals surface area (Å²) in [6.45, 7) is 3.96. The maximum Gasteiger partial charge on any atom is 0.119 e. The molecule has 1 saturated heterocycles. The number of H-pyrrole nitrogens is 1. The van der Waals surface area contributed by atoms with Gasteiger partial charge in [-0.3, -0.25) is 15.0 Å². The minimum Gasteiger partial charge on any atom is -0.493 e. The molecular formula is C25H26N4O2. The number of fused-ring (bicyclic) bond motifs is 1. The number of aromatic amines is 1. The second-order valence-corrected chi connectivity index (χ2v) is 7.85. The van der Waals surface area contributed by atoms with Crippen molar-refractivity contribution in [2.24, 2.45) is 0 Å². The molecule has 6 nitrogen and oxygen atoms in total. The second-order valence-electron chi connectivity index (χ2n) is 7.85. The molecule has 3 heterocycles. The lowest BCUT2D eigenvalue weighted by atomic mass is 10.1. The van der Waals surface area contributed by atoms with E-state index in [-0.39, 0.29) is 6.10 Å². The molecule has 4 aromatic rings. The number of hydrogen-bond donors (Lipinski definition) is 1. The molecule has 1 aliphatic rings. The molecule has 0 amide bonds. The third-order valence-electron chi connectivity index (χ3n) is 5.59. The Bertz CT molecular complexity index is 1130. The first-order chi connectivity index (χ1) is 15.3. The zero-order chi connectivity index (χ0) is 20.9. The minimum atomic E-state index is -0.0177. The number of benzene rings is 2. The lowest BCUT2D eigenvalue weighted by Gasteiger charge is -2.32. The van der Waals surface area contributed by atoms with Crippen LogP contribution in [-0.2, 0) is 17.7 Å². The average Bonchev–Trinajstić information content (AvgIpc) is 3.29. The molecule has 1 fully saturated rings. The van der Waals surface area contributed by atoms with E-state index in [0.29, 0.717) is 13.2 Å². The summed E-state index contributed by atoms with van der Waals surface area (Å²) >= 11 is 0. The van der Waals surface area contributed by atoms with Gasteiger partial charge in [-0.25, -0.2) is 0 Å². The second kappa shape index (κ2) is 9.29. The summed E-state index contributed by atoms with van der Waals surface area (Å²) in [6.07, 6.45) is 2.60. The average molecular weight is 415 g/mol. The van der Waals surface area contributed by atoms with Crippen LogP contribution in [0.25, 0.3) is 10.9 Å². The standard InChI is InChI=1S/C25H26N4O2/c1-2-6-22(7-3-1)30-13-10-21-16-24(28-27-21)25-18-29(12-14-31-25)17-19-8-9-23-20(15-19)5-4-11-26-23/h1-9,11,15-16,25H,10,12-14,17-18H2,(H,27,28)/t25-/m1/s1. The molecule has 1 aliphatic heterocycles. The zero-order valence-electron chi connectivity index (χ0n) is 17.4. The van der Waals surface area contributed by atoms with Crippen LogP contribution in [0, 0.1) is 0 Å². The zero-order valence-corrected chi connectivity index (χ0v) is 17.4. The number of aromatic nitrogens is 3. The van der Waals surface area contributed by atoms with Crippen molar-refractivity contribution in [2.45, 2.75) is 19.1 Å². The molecule has 5 rings (SSSR count). The molecule has 6 heteroatoms. The summed E-state index contributed by atoms with van der Waals surface area (Å²) in [5.74, 6) is 0.887. The lowest BCUT2D eigenvalue weighted by molar-refractivity contribution is -0.0350. The van der Waals surface area contributed by atoms with Crippen molar-refractivity contribution in [1.29, 1.82) is 0 Å². The molecule has 31 heavy (non-hydrogen) atoms. The van der Waals surface area contributed by atoms with E-state index >= 15 is 0 Å². The summed E-state index contributed by atoms with van der Waals surface area (Å²) in [4.78, 5) is 6.84. The van der Waals surface area contributed by atoms with E-state index in [0.717, 1.165) is 48.7 Å². The van der Waals surface area contributed by atoms with Crippen LogP contribution in [0.2, 0.25) is 0 Å². The van der Waals surface area contributed by atoms with Crippen molar-refractivity contribution in [1.82, 2.24) is 20.1 Å². The molecular weight excluding hydrogens is 388 g/mol. The van der Waals surface area contributed by atoms with E-state index in [4.69, 9.17) is 9.47 Å². The van der Waals surface area contributed by atoms with Crippen LogP contribution in [0.4, 0.5) is 0 Å². The number of morpholine rings is 1. The van der Waals surface area contributed by atoms with E-state index in [1.807, 2.05) is 42.6 Å². The van der Waals surface area contributed by atoms with Crippen molar-refractivity contribution >= 4 is 10.9 Å². The Kier molecular flexibility index (Phi) is 5.91. The maximum absolute atomic E-state index is 6.02. The lowest BCUT2D eigenvalue weighted by Crippen LogP contribution is -2.37. The molecule has 0 radical (unpaired) electrons. The van der Waals surface area contributed by atoms with Crippen molar-refractivity contribution in [3.05, 3.63) is 89.9 Å². The van der Waals surface area contributed by atoms with Crippen LogP contribution in [0.1, 0.15) is 23.1 Å². The molecule has 158 valence electrons. The number of para-hydroxylation sites is 1. The van der Waals surface area contributed by atoms with Gasteiger partial charge in [-0.15, -0.1) is 0 Å². The Morgan fingerprint density at radius 3 is 2.94 bits per heavy atom. The first-order valence-corrected chi connectivity index (χ1v) is 10.7. The molecule has 1 N–H and O–H groups in total. The number of nitrogens with one attached hydrogen (secondary N) is 1. The van der Waals surface area contributed by atoms with Crippen LogP contribution in [-0.4, -0.2) is 46.4 Å². The van der Waals surface area contributed by atoms with Gasteiger partial charge >= 0.3 is 0 Å². The third-order valence-corrected chi connectivity index (χ3v) is 5.59. The predicted octanol–water partition coefficient (Wildman–Crippen LogP) is 4.15. The fourth-order valence-electron chi connectivity index (χ4n) is 3.97. The Hall–Kier alpha value is -3.22. The maximum atomic E-state index is 6.02. The quantitative estimate of drug-likeness (QED) is 0.492. The van der Waals surface area contributed by atoms with Crippen LogP contribution in [0.15, 0.2) is 72.9 Å². The third kappa shape index (κ3) is 4.93. The summed E-state index contributed by atoms with van der Waals surface area (Å²) in [7, 11) is 0. The SMILES string of the molecule is c1ccc(OCCc2cc([C@H]3CN(Cc4ccc5ncccc5c4)CCO3)n[nH]2)cc1. The Labute approximate surface area is 181 Å². The molecule has 0 bridgehead atoms. The number of pyridine rings is 1. The minimum absolute atomic E-state index is 0.0177. The van der Waals surface area contributed by atoms with Gasteiger partial charge in [0.05, 0.1) is 24.4 Å². The highest BCUT2D eigenvalue weighted by Crippen LogP contribution is 2.23. The topological polar surface area (TPSA) is 63.3 Å². The highest BCUT2D eigenvalue weighted by molar-refractivity contribution is 5.78. The summed E-state index contributed by atoms with van der Waals surface area (Å²) in [6, 6.07) is 22.6. The van der Waals surface area contributed by atoms with Gasteiger partial charge in [0.1, 0.15) is 11.9 Å². The Balaban J connectivity index is 1.17. The first-order valence-electron chi connectivity index (χ1n) is 10.7. The molecule has 0 saturated carbocycles. The predicted molar refractivity (Wildman–Crippen MR) is 120 cm³/mol. The van der Waals surface area contributed by atoms with Crippen molar-refractivity contribution < 1.29 is 9.47 Å². The number of hydrogen-bond acceptors (Lipinski definition) is 5. The number of nitrogens with zero attached hydrogens (tertiary/aromatic N) is 3. The van der Waals surface area contributed by atoms with Gasteiger partial charge in [0.25, 0.3) is 0 Å². The summed E-state index contributed by atoms with van der Waals surface area (Å²) < 4.78 is 11.8. The van der Waals surface area contributed by atoms with Crippen molar-refractivity contribution in [3.63, 3.8) is 0 Å². The molecule has 1 atom stereocenters. The normalized spacial score (nSPS) is 17.1. The highest BCUT2D eigenvalue weighted by atomic mass is 16.5. The van der Waals surface area contributed by atoms with E-state index in [1.165, 1.54) is 10.9 Å². The van der Waals surface area contributed by atoms with Gasteiger partial charge in [0.15, 0.2) is 0 Å². The van der Waals surface area contributed by atoms with Gasteiger partial charge in [-0.2, -0.15) is 5.10 Å².